The minimum atomic E-state index is 0. The van der Waals surface area contributed by atoms with Crippen molar-refractivity contribution in [2.45, 2.75) is 20.0 Å². The van der Waals surface area contributed by atoms with E-state index in [1.54, 1.807) is 7.05 Å². The smallest absolute Gasteiger partial charge is 0.191 e. The number of aromatic nitrogens is 2. The minimum absolute atomic E-state index is 0. The Kier molecular flexibility index (Phi) is 7.24. The Morgan fingerprint density at radius 2 is 1.88 bits per heavy atom. The van der Waals surface area contributed by atoms with E-state index in [9.17, 15) is 0 Å². The zero-order chi connectivity index (χ0) is 16.9. The number of pyridine rings is 1. The highest BCUT2D eigenvalue weighted by atomic mass is 127. The van der Waals surface area contributed by atoms with Crippen LogP contribution in [0.3, 0.4) is 0 Å². The van der Waals surface area contributed by atoms with Crippen molar-refractivity contribution in [2.24, 2.45) is 4.99 Å². The molecule has 132 valence electrons. The van der Waals surface area contributed by atoms with Crippen LogP contribution >= 0.6 is 39.9 Å². The summed E-state index contributed by atoms with van der Waals surface area (Å²) in [5.74, 6) is 0.761. The fourth-order valence-electron chi connectivity index (χ4n) is 2.48. The first-order valence-corrected chi connectivity index (χ1v) is 8.57. The highest BCUT2D eigenvalue weighted by Gasteiger charge is 2.04. The van der Waals surface area contributed by atoms with E-state index in [-0.39, 0.29) is 24.0 Å². The first kappa shape index (κ1) is 19.7. The highest BCUT2D eigenvalue weighted by molar-refractivity contribution is 14.0. The number of fused-ring (bicyclic) bond motifs is 1. The van der Waals surface area contributed by atoms with E-state index in [4.69, 9.17) is 0 Å². The Balaban J connectivity index is 0.00000225. The van der Waals surface area contributed by atoms with E-state index in [0.717, 1.165) is 28.3 Å². The second-order valence-corrected chi connectivity index (χ2v) is 6.47. The molecule has 0 saturated carbocycles. The number of aliphatic imine (C=N–C) groups is 1. The first-order valence-electron chi connectivity index (χ1n) is 7.78. The van der Waals surface area contributed by atoms with Crippen LogP contribution in [0.4, 0.5) is 0 Å². The van der Waals surface area contributed by atoms with Crippen LogP contribution in [0.2, 0.25) is 0 Å². The molecule has 0 amide bonds. The van der Waals surface area contributed by atoms with Crippen molar-refractivity contribution < 1.29 is 0 Å². The van der Waals surface area contributed by atoms with E-state index in [0.29, 0.717) is 6.54 Å². The Morgan fingerprint density at radius 3 is 2.64 bits per heavy atom. The molecular formula is C18H21BrIN5. The van der Waals surface area contributed by atoms with Gasteiger partial charge in [0.25, 0.3) is 0 Å². The number of halogens is 2. The van der Waals surface area contributed by atoms with E-state index in [1.165, 1.54) is 11.1 Å². The fraction of sp³-hybridized carbons (Fsp3) is 0.222. The molecule has 0 aliphatic carbocycles. The van der Waals surface area contributed by atoms with Gasteiger partial charge in [0.1, 0.15) is 5.65 Å². The highest BCUT2D eigenvalue weighted by Crippen LogP contribution is 2.12. The molecule has 0 fully saturated rings. The summed E-state index contributed by atoms with van der Waals surface area (Å²) in [5, 5.41) is 6.64. The summed E-state index contributed by atoms with van der Waals surface area (Å²) in [6, 6.07) is 12.3. The number of guanidine groups is 1. The summed E-state index contributed by atoms with van der Waals surface area (Å²) in [5.41, 5.74) is 4.43. The van der Waals surface area contributed by atoms with Crippen LogP contribution in [0.1, 0.15) is 16.8 Å². The molecule has 1 aromatic carbocycles. The molecule has 3 rings (SSSR count). The van der Waals surface area contributed by atoms with Crippen molar-refractivity contribution in [1.82, 2.24) is 20.0 Å². The number of aryl methyl sites for hydroxylation is 1. The molecule has 5 nitrogen and oxygen atoms in total. The fourth-order valence-corrected chi connectivity index (χ4v) is 2.84. The van der Waals surface area contributed by atoms with Crippen molar-refractivity contribution in [3.8, 4) is 0 Å². The minimum Gasteiger partial charge on any atom is -0.352 e. The zero-order valence-corrected chi connectivity index (χ0v) is 18.1. The van der Waals surface area contributed by atoms with Crippen molar-refractivity contribution in [3.05, 3.63) is 70.1 Å². The second-order valence-electron chi connectivity index (χ2n) is 5.55. The molecule has 0 radical (unpaired) electrons. The van der Waals surface area contributed by atoms with E-state index >= 15 is 0 Å². The predicted molar refractivity (Wildman–Crippen MR) is 117 cm³/mol. The Morgan fingerprint density at radius 1 is 1.12 bits per heavy atom. The predicted octanol–water partition coefficient (Wildman–Crippen LogP) is 3.89. The number of nitrogens with one attached hydrogen (secondary N) is 2. The van der Waals surface area contributed by atoms with Crippen LogP contribution in [0.5, 0.6) is 0 Å². The molecule has 7 heteroatoms. The Bertz CT molecular complexity index is 875. The third-order valence-electron chi connectivity index (χ3n) is 3.83. The normalized spacial score (nSPS) is 11.2. The molecule has 0 atom stereocenters. The van der Waals surface area contributed by atoms with Crippen molar-refractivity contribution >= 4 is 51.5 Å². The summed E-state index contributed by atoms with van der Waals surface area (Å²) >= 11 is 3.47. The molecule has 0 aliphatic heterocycles. The molecule has 0 unspecified atom stereocenters. The molecule has 0 spiro atoms. The molecule has 2 aromatic heterocycles. The third kappa shape index (κ3) is 5.18. The Labute approximate surface area is 173 Å². The monoisotopic (exact) mass is 513 g/mol. The maximum atomic E-state index is 4.59. The van der Waals surface area contributed by atoms with Gasteiger partial charge in [-0.15, -0.1) is 24.0 Å². The quantitative estimate of drug-likeness (QED) is 0.316. The van der Waals surface area contributed by atoms with Gasteiger partial charge in [-0.3, -0.25) is 4.99 Å². The molecule has 0 bridgehead atoms. The van der Waals surface area contributed by atoms with Gasteiger partial charge in [0.05, 0.1) is 12.2 Å². The average Bonchev–Trinajstić information content (AvgIpc) is 2.98. The van der Waals surface area contributed by atoms with Crippen LogP contribution in [-0.2, 0) is 13.1 Å². The summed E-state index contributed by atoms with van der Waals surface area (Å²) in [6.45, 7) is 3.47. The van der Waals surface area contributed by atoms with E-state index < -0.39 is 0 Å². The lowest BCUT2D eigenvalue weighted by Crippen LogP contribution is -2.36. The van der Waals surface area contributed by atoms with Gasteiger partial charge < -0.3 is 15.0 Å². The topological polar surface area (TPSA) is 53.7 Å². The maximum Gasteiger partial charge on any atom is 0.191 e. The van der Waals surface area contributed by atoms with Crippen molar-refractivity contribution in [1.29, 1.82) is 0 Å². The van der Waals surface area contributed by atoms with Crippen LogP contribution < -0.4 is 10.6 Å². The standard InChI is InChI=1S/C18H20BrN5.HI/c1-13-5-3-4-6-14(13)9-21-18(20-2)22-10-16-12-24-11-15(19)7-8-17(24)23-16;/h3-8,11-12H,9-10H2,1-2H3,(H2,20,21,22);1H. The number of nitrogens with zero attached hydrogens (tertiary/aromatic N) is 3. The van der Waals surface area contributed by atoms with Gasteiger partial charge in [0, 0.05) is 30.5 Å². The van der Waals surface area contributed by atoms with E-state index in [2.05, 4.69) is 61.7 Å². The Hall–Kier alpha value is -1.61. The van der Waals surface area contributed by atoms with E-state index in [1.807, 2.05) is 35.0 Å². The van der Waals surface area contributed by atoms with Gasteiger partial charge in [-0.05, 0) is 46.1 Å². The van der Waals surface area contributed by atoms with Gasteiger partial charge in [-0.25, -0.2) is 4.98 Å². The summed E-state index contributed by atoms with van der Waals surface area (Å²) < 4.78 is 3.03. The first-order chi connectivity index (χ1) is 11.7. The lowest BCUT2D eigenvalue weighted by molar-refractivity contribution is 0.796. The SMILES string of the molecule is CN=C(NCc1cn2cc(Br)ccc2n1)NCc1ccccc1C.I. The molecule has 2 heterocycles. The molecular weight excluding hydrogens is 493 g/mol. The summed E-state index contributed by atoms with van der Waals surface area (Å²) in [6.07, 6.45) is 4.01. The lowest BCUT2D eigenvalue weighted by atomic mass is 10.1. The van der Waals surface area contributed by atoms with Crippen molar-refractivity contribution in [3.63, 3.8) is 0 Å². The van der Waals surface area contributed by atoms with Gasteiger partial charge in [-0.1, -0.05) is 24.3 Å². The number of benzene rings is 1. The molecule has 2 N–H and O–H groups in total. The number of hydrogen-bond donors (Lipinski definition) is 2. The van der Waals surface area contributed by atoms with Crippen molar-refractivity contribution in [2.75, 3.05) is 7.05 Å². The van der Waals surface area contributed by atoms with Crippen LogP contribution in [-0.4, -0.2) is 22.4 Å². The maximum absolute atomic E-state index is 4.59. The van der Waals surface area contributed by atoms with Crippen LogP contribution in [0, 0.1) is 6.92 Å². The largest absolute Gasteiger partial charge is 0.352 e. The van der Waals surface area contributed by atoms with Gasteiger partial charge >= 0.3 is 0 Å². The van der Waals surface area contributed by atoms with Gasteiger partial charge in [0.2, 0.25) is 0 Å². The third-order valence-corrected chi connectivity index (χ3v) is 4.30. The molecule has 0 aliphatic rings. The summed E-state index contributed by atoms with van der Waals surface area (Å²) in [7, 11) is 1.77. The molecule has 3 aromatic rings. The van der Waals surface area contributed by atoms with Crippen LogP contribution in [0.15, 0.2) is 58.3 Å². The number of hydrogen-bond acceptors (Lipinski definition) is 2. The van der Waals surface area contributed by atoms with Gasteiger partial charge in [0.15, 0.2) is 5.96 Å². The second kappa shape index (κ2) is 9.19. The molecule has 0 saturated heterocycles. The molecule has 25 heavy (non-hydrogen) atoms. The van der Waals surface area contributed by atoms with Crippen LogP contribution in [0.25, 0.3) is 5.65 Å². The summed E-state index contributed by atoms with van der Waals surface area (Å²) in [4.78, 5) is 8.86. The number of imidazole rings is 1. The van der Waals surface area contributed by atoms with Gasteiger partial charge in [-0.2, -0.15) is 0 Å². The lowest BCUT2D eigenvalue weighted by Gasteiger charge is -2.12. The number of rotatable bonds is 4. The average molecular weight is 514 g/mol. The zero-order valence-electron chi connectivity index (χ0n) is 14.2.